The summed E-state index contributed by atoms with van der Waals surface area (Å²) >= 11 is 0. The zero-order valence-corrected chi connectivity index (χ0v) is 11.8. The summed E-state index contributed by atoms with van der Waals surface area (Å²) in [5.74, 6) is -1.94. The molecule has 0 radical (unpaired) electrons. The number of carboxylic acid groups (broad SMARTS) is 1. The Morgan fingerprint density at radius 2 is 2.00 bits per heavy atom. The normalized spacial score (nSPS) is 20.7. The van der Waals surface area contributed by atoms with Gasteiger partial charge in [0.05, 0.1) is 0 Å². The first-order valence-corrected chi connectivity index (χ1v) is 6.65. The van der Waals surface area contributed by atoms with Crippen molar-refractivity contribution in [3.63, 3.8) is 0 Å². The lowest BCUT2D eigenvalue weighted by Crippen LogP contribution is -2.49. The van der Waals surface area contributed by atoms with Crippen LogP contribution in [0, 0.1) is 0 Å². The number of rotatable bonds is 3. The summed E-state index contributed by atoms with van der Waals surface area (Å²) in [5, 5.41) is 10.6. The Balaban J connectivity index is 2.64. The molecule has 1 fully saturated rings. The second-order valence-electron chi connectivity index (χ2n) is 4.84. The minimum atomic E-state index is -1.23. The maximum atomic E-state index is 12.1. The largest absolute Gasteiger partial charge is 0.478 e. The standard InChI is InChI=1S/C13H21N3O4/c1-3-10-9-15(2)7-4-8-16(10)13(20)14-11(17)5-6-12(18)19/h5-6,10H,3-4,7-9H2,1-2H3,(H,18,19)(H,14,17,20)/b6-5+. The summed E-state index contributed by atoms with van der Waals surface area (Å²) in [6.45, 7) is 4.26. The van der Waals surface area contributed by atoms with Crippen LogP contribution in [0.1, 0.15) is 19.8 Å². The molecule has 1 saturated heterocycles. The topological polar surface area (TPSA) is 90.0 Å². The third kappa shape index (κ3) is 5.00. The number of aliphatic carboxylic acids is 1. The summed E-state index contributed by atoms with van der Waals surface area (Å²) in [6, 6.07) is -0.411. The molecule has 1 unspecified atom stereocenters. The highest BCUT2D eigenvalue weighted by Gasteiger charge is 2.26. The summed E-state index contributed by atoms with van der Waals surface area (Å²) in [7, 11) is 2.00. The second-order valence-corrected chi connectivity index (χ2v) is 4.84. The first kappa shape index (κ1) is 16.2. The van der Waals surface area contributed by atoms with Crippen LogP contribution in [0.4, 0.5) is 4.79 Å². The van der Waals surface area contributed by atoms with E-state index in [0.717, 1.165) is 32.0 Å². The number of hydrogen-bond donors (Lipinski definition) is 2. The average Bonchev–Trinajstić information content (AvgIpc) is 2.57. The maximum Gasteiger partial charge on any atom is 0.328 e. The third-order valence-corrected chi connectivity index (χ3v) is 3.24. The monoisotopic (exact) mass is 283 g/mol. The van der Waals surface area contributed by atoms with Crippen molar-refractivity contribution in [2.45, 2.75) is 25.8 Å². The number of nitrogens with one attached hydrogen (secondary N) is 1. The lowest BCUT2D eigenvalue weighted by atomic mass is 10.2. The van der Waals surface area contributed by atoms with Crippen LogP contribution in [0.3, 0.4) is 0 Å². The van der Waals surface area contributed by atoms with Gasteiger partial charge < -0.3 is 14.9 Å². The number of imide groups is 1. The molecule has 1 aliphatic heterocycles. The summed E-state index contributed by atoms with van der Waals surface area (Å²) in [5.41, 5.74) is 0. The van der Waals surface area contributed by atoms with Crippen LogP contribution in [0.5, 0.6) is 0 Å². The molecule has 1 atom stereocenters. The van der Waals surface area contributed by atoms with Gasteiger partial charge in [0.25, 0.3) is 5.91 Å². The first-order valence-electron chi connectivity index (χ1n) is 6.65. The molecule has 1 heterocycles. The fourth-order valence-corrected chi connectivity index (χ4v) is 2.23. The molecule has 7 nitrogen and oxygen atoms in total. The third-order valence-electron chi connectivity index (χ3n) is 3.24. The van der Waals surface area contributed by atoms with Gasteiger partial charge in [0, 0.05) is 31.3 Å². The Morgan fingerprint density at radius 1 is 1.30 bits per heavy atom. The van der Waals surface area contributed by atoms with Gasteiger partial charge in [-0.05, 0) is 26.4 Å². The number of urea groups is 1. The van der Waals surface area contributed by atoms with Crippen LogP contribution in [-0.4, -0.2) is 65.5 Å². The molecule has 20 heavy (non-hydrogen) atoms. The second kappa shape index (κ2) is 7.64. The molecule has 0 spiro atoms. The van der Waals surface area contributed by atoms with Crippen LogP contribution in [0.15, 0.2) is 12.2 Å². The molecule has 0 aromatic carbocycles. The number of likely N-dealkylation sites (N-methyl/N-ethyl adjacent to an activating group) is 1. The molecule has 0 bridgehead atoms. The molecule has 112 valence electrons. The Bertz CT molecular complexity index is 408. The molecule has 0 aliphatic carbocycles. The van der Waals surface area contributed by atoms with E-state index in [4.69, 9.17) is 5.11 Å². The van der Waals surface area contributed by atoms with E-state index in [9.17, 15) is 14.4 Å². The van der Waals surface area contributed by atoms with Crippen molar-refractivity contribution in [2.24, 2.45) is 0 Å². The molecular formula is C13H21N3O4. The van der Waals surface area contributed by atoms with Gasteiger partial charge in [0.15, 0.2) is 0 Å². The van der Waals surface area contributed by atoms with Gasteiger partial charge in [-0.3, -0.25) is 10.1 Å². The van der Waals surface area contributed by atoms with Gasteiger partial charge in [0.2, 0.25) is 0 Å². The Kier molecular flexibility index (Phi) is 6.17. The number of carboxylic acids is 1. The maximum absolute atomic E-state index is 12.1. The minimum absolute atomic E-state index is 0.0544. The summed E-state index contributed by atoms with van der Waals surface area (Å²) in [4.78, 5) is 37.6. The summed E-state index contributed by atoms with van der Waals surface area (Å²) in [6.07, 6.45) is 3.19. The van der Waals surface area contributed by atoms with Crippen molar-refractivity contribution in [2.75, 3.05) is 26.7 Å². The fraction of sp³-hybridized carbons (Fsp3) is 0.615. The van der Waals surface area contributed by atoms with Gasteiger partial charge >= 0.3 is 12.0 Å². The number of carbonyl (C=O) groups is 3. The lowest BCUT2D eigenvalue weighted by molar-refractivity contribution is -0.131. The van der Waals surface area contributed by atoms with Gasteiger partial charge in [-0.25, -0.2) is 9.59 Å². The van der Waals surface area contributed by atoms with Gasteiger partial charge in [0.1, 0.15) is 0 Å². The molecule has 0 saturated carbocycles. The molecule has 7 heteroatoms. The van der Waals surface area contributed by atoms with Crippen LogP contribution in [-0.2, 0) is 9.59 Å². The highest BCUT2D eigenvalue weighted by Crippen LogP contribution is 2.12. The van der Waals surface area contributed by atoms with Crippen LogP contribution >= 0.6 is 0 Å². The van der Waals surface area contributed by atoms with Gasteiger partial charge in [-0.2, -0.15) is 0 Å². The van der Waals surface area contributed by atoms with Crippen molar-refractivity contribution in [3.8, 4) is 0 Å². The van der Waals surface area contributed by atoms with Crippen molar-refractivity contribution >= 4 is 17.9 Å². The first-order chi connectivity index (χ1) is 9.43. The molecule has 3 amide bonds. The number of nitrogens with zero attached hydrogens (tertiary/aromatic N) is 2. The predicted octanol–water partition coefficient (Wildman–Crippen LogP) is 0.280. The predicted molar refractivity (Wildman–Crippen MR) is 73.2 cm³/mol. The number of hydrogen-bond acceptors (Lipinski definition) is 4. The average molecular weight is 283 g/mol. The lowest BCUT2D eigenvalue weighted by Gasteiger charge is -2.29. The number of amides is 3. The fourth-order valence-electron chi connectivity index (χ4n) is 2.23. The summed E-state index contributed by atoms with van der Waals surface area (Å²) < 4.78 is 0. The highest BCUT2D eigenvalue weighted by molar-refractivity contribution is 6.02. The van der Waals surface area contributed by atoms with Gasteiger partial charge in [-0.15, -0.1) is 0 Å². The highest BCUT2D eigenvalue weighted by atomic mass is 16.4. The van der Waals surface area contributed by atoms with E-state index in [2.05, 4.69) is 10.2 Å². The van der Waals surface area contributed by atoms with Crippen LogP contribution in [0.25, 0.3) is 0 Å². The van der Waals surface area contributed by atoms with E-state index in [1.807, 2.05) is 14.0 Å². The molecular weight excluding hydrogens is 262 g/mol. The van der Waals surface area contributed by atoms with Crippen molar-refractivity contribution < 1.29 is 19.5 Å². The molecule has 0 aromatic heterocycles. The smallest absolute Gasteiger partial charge is 0.328 e. The van der Waals surface area contributed by atoms with Crippen molar-refractivity contribution in [3.05, 3.63) is 12.2 Å². The van der Waals surface area contributed by atoms with Crippen molar-refractivity contribution in [1.82, 2.24) is 15.1 Å². The number of carbonyl (C=O) groups excluding carboxylic acids is 2. The zero-order chi connectivity index (χ0) is 15.1. The minimum Gasteiger partial charge on any atom is -0.478 e. The Labute approximate surface area is 118 Å². The van der Waals surface area contributed by atoms with Crippen LogP contribution in [0.2, 0.25) is 0 Å². The zero-order valence-electron chi connectivity index (χ0n) is 11.8. The molecule has 1 aliphatic rings. The quantitative estimate of drug-likeness (QED) is 0.726. The molecule has 0 aromatic rings. The van der Waals surface area contributed by atoms with E-state index in [1.54, 1.807) is 4.90 Å². The Morgan fingerprint density at radius 3 is 2.60 bits per heavy atom. The van der Waals surface area contributed by atoms with Crippen LogP contribution < -0.4 is 5.32 Å². The van der Waals surface area contributed by atoms with E-state index < -0.39 is 17.9 Å². The van der Waals surface area contributed by atoms with E-state index >= 15 is 0 Å². The van der Waals surface area contributed by atoms with E-state index in [0.29, 0.717) is 12.6 Å². The molecule has 1 rings (SSSR count). The van der Waals surface area contributed by atoms with E-state index in [-0.39, 0.29) is 6.04 Å². The molecule has 2 N–H and O–H groups in total. The van der Waals surface area contributed by atoms with Crippen molar-refractivity contribution in [1.29, 1.82) is 0 Å². The SMILES string of the molecule is CCC1CN(C)CCCN1C(=O)NC(=O)/C=C/C(=O)O. The Hall–Kier alpha value is -1.89. The van der Waals surface area contributed by atoms with E-state index in [1.165, 1.54) is 0 Å². The van der Waals surface area contributed by atoms with Gasteiger partial charge in [-0.1, -0.05) is 6.92 Å².